The molecular formula is C13H32N4. The summed E-state index contributed by atoms with van der Waals surface area (Å²) in [6.07, 6.45) is 7.26. The molecule has 0 aromatic rings. The normalized spacial score (nSPS) is 11.3. The van der Waals surface area contributed by atoms with Crippen LogP contribution in [0.4, 0.5) is 0 Å². The number of nitrogens with zero attached hydrogens (tertiary/aromatic N) is 1. The zero-order chi connectivity index (χ0) is 12.8. The van der Waals surface area contributed by atoms with Crippen molar-refractivity contribution in [3.63, 3.8) is 0 Å². The maximum Gasteiger partial charge on any atom is -0.00213 e. The molecule has 104 valence electrons. The van der Waals surface area contributed by atoms with E-state index in [1.807, 2.05) is 0 Å². The van der Waals surface area contributed by atoms with E-state index in [-0.39, 0.29) is 0 Å². The summed E-state index contributed by atoms with van der Waals surface area (Å²) in [5.41, 5.74) is 10.9. The minimum Gasteiger partial charge on any atom is -0.330 e. The molecule has 4 heteroatoms. The lowest BCUT2D eigenvalue weighted by Crippen LogP contribution is -2.23. The van der Waals surface area contributed by atoms with Crippen LogP contribution in [0, 0.1) is 0 Å². The van der Waals surface area contributed by atoms with Crippen LogP contribution >= 0.6 is 0 Å². The van der Waals surface area contributed by atoms with E-state index in [1.165, 1.54) is 38.8 Å². The van der Waals surface area contributed by atoms with Crippen molar-refractivity contribution in [2.45, 2.75) is 38.5 Å². The predicted octanol–water partition coefficient (Wildman–Crippen LogP) is 0.766. The second-order valence-electron chi connectivity index (χ2n) is 4.75. The molecule has 0 aliphatic heterocycles. The molecule has 0 amide bonds. The van der Waals surface area contributed by atoms with Crippen LogP contribution in [0.1, 0.15) is 38.5 Å². The lowest BCUT2D eigenvalue weighted by molar-refractivity contribution is 0.318. The van der Waals surface area contributed by atoms with Crippen molar-refractivity contribution in [1.29, 1.82) is 0 Å². The van der Waals surface area contributed by atoms with Crippen molar-refractivity contribution in [3.8, 4) is 0 Å². The Hall–Kier alpha value is -0.160. The third-order valence-corrected chi connectivity index (χ3v) is 2.95. The molecule has 0 bridgehead atoms. The topological polar surface area (TPSA) is 67.3 Å². The van der Waals surface area contributed by atoms with Gasteiger partial charge >= 0.3 is 0 Å². The van der Waals surface area contributed by atoms with E-state index in [1.54, 1.807) is 0 Å². The molecule has 0 saturated carbocycles. The van der Waals surface area contributed by atoms with Gasteiger partial charge in [0.15, 0.2) is 0 Å². The highest BCUT2D eigenvalue weighted by molar-refractivity contribution is 4.55. The summed E-state index contributed by atoms with van der Waals surface area (Å²) in [5.74, 6) is 0. The van der Waals surface area contributed by atoms with E-state index in [0.29, 0.717) is 0 Å². The van der Waals surface area contributed by atoms with Gasteiger partial charge in [0.1, 0.15) is 0 Å². The Morgan fingerprint density at radius 3 is 1.82 bits per heavy atom. The number of hydrogen-bond donors (Lipinski definition) is 3. The van der Waals surface area contributed by atoms with E-state index in [0.717, 1.165) is 39.0 Å². The van der Waals surface area contributed by atoms with Crippen molar-refractivity contribution in [2.24, 2.45) is 11.5 Å². The van der Waals surface area contributed by atoms with Crippen LogP contribution < -0.4 is 16.8 Å². The molecular weight excluding hydrogens is 212 g/mol. The van der Waals surface area contributed by atoms with Crippen molar-refractivity contribution in [3.05, 3.63) is 0 Å². The second-order valence-corrected chi connectivity index (χ2v) is 4.75. The first-order chi connectivity index (χ1) is 8.31. The number of rotatable bonds is 13. The summed E-state index contributed by atoms with van der Waals surface area (Å²) in [4.78, 5) is 2.41. The molecule has 0 unspecified atom stereocenters. The predicted molar refractivity (Wildman–Crippen MR) is 76.2 cm³/mol. The Morgan fingerprint density at radius 1 is 0.765 bits per heavy atom. The highest BCUT2D eigenvalue weighted by atomic mass is 15.1. The zero-order valence-corrected chi connectivity index (χ0v) is 11.6. The van der Waals surface area contributed by atoms with Crippen molar-refractivity contribution in [2.75, 3.05) is 46.3 Å². The molecule has 0 fully saturated rings. The fourth-order valence-electron chi connectivity index (χ4n) is 1.79. The molecule has 0 saturated heterocycles. The average molecular weight is 244 g/mol. The smallest absolute Gasteiger partial charge is 0.00213 e. The molecule has 0 heterocycles. The van der Waals surface area contributed by atoms with Gasteiger partial charge in [-0.05, 0) is 84.8 Å². The van der Waals surface area contributed by atoms with E-state index in [2.05, 4.69) is 17.3 Å². The van der Waals surface area contributed by atoms with Crippen LogP contribution in [0.3, 0.4) is 0 Å². The molecule has 0 aromatic heterocycles. The Balaban J connectivity index is 3.05. The minimum absolute atomic E-state index is 0.815. The molecule has 0 aliphatic carbocycles. The van der Waals surface area contributed by atoms with Gasteiger partial charge in [0.05, 0.1) is 0 Å². The van der Waals surface area contributed by atoms with Gasteiger partial charge in [0.2, 0.25) is 0 Å². The Kier molecular flexibility index (Phi) is 13.8. The first-order valence-electron chi connectivity index (χ1n) is 7.10. The monoisotopic (exact) mass is 244 g/mol. The molecule has 0 rings (SSSR count). The van der Waals surface area contributed by atoms with Crippen molar-refractivity contribution < 1.29 is 0 Å². The molecule has 4 nitrogen and oxygen atoms in total. The second kappa shape index (κ2) is 13.9. The van der Waals surface area contributed by atoms with Gasteiger partial charge in [0, 0.05) is 0 Å². The van der Waals surface area contributed by atoms with Gasteiger partial charge in [-0.2, -0.15) is 0 Å². The Morgan fingerprint density at radius 2 is 1.24 bits per heavy atom. The zero-order valence-electron chi connectivity index (χ0n) is 11.6. The quantitative estimate of drug-likeness (QED) is 0.419. The molecule has 0 spiro atoms. The molecule has 0 atom stereocenters. The van der Waals surface area contributed by atoms with Gasteiger partial charge in [-0.3, -0.25) is 0 Å². The number of nitrogens with two attached hydrogens (primary N) is 2. The standard InChI is InChI=1S/C13H32N4/c1-17(12-6-3-9-15)13-7-5-11-16-10-4-2-8-14/h16H,2-15H2,1H3. The van der Waals surface area contributed by atoms with E-state index >= 15 is 0 Å². The van der Waals surface area contributed by atoms with Gasteiger partial charge in [0.25, 0.3) is 0 Å². The molecule has 0 aromatic carbocycles. The van der Waals surface area contributed by atoms with Crippen molar-refractivity contribution in [1.82, 2.24) is 10.2 Å². The summed E-state index contributed by atoms with van der Waals surface area (Å²) in [6, 6.07) is 0. The van der Waals surface area contributed by atoms with Crippen LogP contribution in [0.15, 0.2) is 0 Å². The van der Waals surface area contributed by atoms with Gasteiger partial charge < -0.3 is 21.7 Å². The maximum atomic E-state index is 5.47. The molecule has 5 N–H and O–H groups in total. The first kappa shape index (κ1) is 16.8. The Bertz CT molecular complexity index is 141. The van der Waals surface area contributed by atoms with E-state index in [9.17, 15) is 0 Å². The van der Waals surface area contributed by atoms with E-state index in [4.69, 9.17) is 11.5 Å². The third kappa shape index (κ3) is 13.8. The largest absolute Gasteiger partial charge is 0.330 e. The minimum atomic E-state index is 0.815. The van der Waals surface area contributed by atoms with Gasteiger partial charge in [-0.25, -0.2) is 0 Å². The summed E-state index contributed by atoms with van der Waals surface area (Å²) in [6.45, 7) is 6.27. The van der Waals surface area contributed by atoms with Crippen LogP contribution in [-0.2, 0) is 0 Å². The van der Waals surface area contributed by atoms with Gasteiger partial charge in [-0.15, -0.1) is 0 Å². The summed E-state index contributed by atoms with van der Waals surface area (Å²) in [5, 5.41) is 3.46. The average Bonchev–Trinajstić information content (AvgIpc) is 2.33. The molecule has 0 radical (unpaired) electrons. The first-order valence-corrected chi connectivity index (χ1v) is 7.10. The number of hydrogen-bond acceptors (Lipinski definition) is 4. The highest BCUT2D eigenvalue weighted by Crippen LogP contribution is 1.95. The molecule has 0 aliphatic rings. The fourth-order valence-corrected chi connectivity index (χ4v) is 1.79. The summed E-state index contributed by atoms with van der Waals surface area (Å²) < 4.78 is 0. The third-order valence-electron chi connectivity index (χ3n) is 2.95. The Labute approximate surface area is 107 Å². The summed E-state index contributed by atoms with van der Waals surface area (Å²) >= 11 is 0. The van der Waals surface area contributed by atoms with E-state index < -0.39 is 0 Å². The summed E-state index contributed by atoms with van der Waals surface area (Å²) in [7, 11) is 2.20. The van der Waals surface area contributed by atoms with Crippen LogP contribution in [0.2, 0.25) is 0 Å². The number of nitrogens with one attached hydrogen (secondary N) is 1. The van der Waals surface area contributed by atoms with Crippen molar-refractivity contribution >= 4 is 0 Å². The SMILES string of the molecule is CN(CCCCN)CCCCNCCCCN. The van der Waals surface area contributed by atoms with Gasteiger partial charge in [-0.1, -0.05) is 0 Å². The van der Waals surface area contributed by atoms with Crippen LogP contribution in [0.5, 0.6) is 0 Å². The molecule has 17 heavy (non-hydrogen) atoms. The maximum absolute atomic E-state index is 5.47. The lowest BCUT2D eigenvalue weighted by atomic mass is 10.2. The van der Waals surface area contributed by atoms with Crippen LogP contribution in [-0.4, -0.2) is 51.2 Å². The van der Waals surface area contributed by atoms with Crippen LogP contribution in [0.25, 0.3) is 0 Å². The lowest BCUT2D eigenvalue weighted by Gasteiger charge is -2.16. The highest BCUT2D eigenvalue weighted by Gasteiger charge is 1.97. The number of unbranched alkanes of at least 4 members (excludes halogenated alkanes) is 3. The fraction of sp³-hybridized carbons (Fsp3) is 1.00.